The van der Waals surface area contributed by atoms with E-state index in [0.717, 1.165) is 5.56 Å². The van der Waals surface area contributed by atoms with Gasteiger partial charge in [-0.25, -0.2) is 9.97 Å². The van der Waals surface area contributed by atoms with Crippen molar-refractivity contribution < 1.29 is 9.72 Å². The number of likely N-dealkylation sites (N-methyl/N-ethyl adjacent to an activating group) is 1. The first kappa shape index (κ1) is 21.0. The van der Waals surface area contributed by atoms with Crippen molar-refractivity contribution in [2.75, 3.05) is 27.2 Å². The highest BCUT2D eigenvalue weighted by atomic mass is 16.6. The first-order valence-electron chi connectivity index (χ1n) is 9.33. The molecule has 0 spiro atoms. The molecule has 3 aromatic rings. The van der Waals surface area contributed by atoms with E-state index >= 15 is 0 Å². The van der Waals surface area contributed by atoms with Gasteiger partial charge in [-0.1, -0.05) is 12.1 Å². The molecule has 0 radical (unpaired) electrons. The van der Waals surface area contributed by atoms with Crippen LogP contribution in [0.1, 0.15) is 16.1 Å². The summed E-state index contributed by atoms with van der Waals surface area (Å²) in [5.74, 6) is 0.0957. The number of hydrogen-bond donors (Lipinski definition) is 1. The highest BCUT2D eigenvalue weighted by molar-refractivity contribution is 6.01. The maximum atomic E-state index is 13.0. The predicted octanol–water partition coefficient (Wildman–Crippen LogP) is 2.71. The molecule has 0 saturated heterocycles. The Balaban J connectivity index is 2.12. The zero-order valence-electron chi connectivity index (χ0n) is 17.0. The Morgan fingerprint density at radius 3 is 2.53 bits per heavy atom. The van der Waals surface area contributed by atoms with Crippen LogP contribution in [-0.2, 0) is 0 Å². The van der Waals surface area contributed by atoms with E-state index in [-0.39, 0.29) is 11.6 Å². The molecule has 0 saturated carbocycles. The molecule has 3 rings (SSSR count). The summed E-state index contributed by atoms with van der Waals surface area (Å²) in [7, 11) is 3.83. The van der Waals surface area contributed by atoms with E-state index < -0.39 is 4.92 Å². The third-order valence-electron chi connectivity index (χ3n) is 4.43. The van der Waals surface area contributed by atoms with Crippen molar-refractivity contribution in [3.8, 4) is 22.6 Å². The van der Waals surface area contributed by atoms with Crippen molar-refractivity contribution >= 4 is 11.6 Å². The Morgan fingerprint density at radius 1 is 1.13 bits per heavy atom. The van der Waals surface area contributed by atoms with E-state index in [9.17, 15) is 14.9 Å². The van der Waals surface area contributed by atoms with Crippen molar-refractivity contribution in [2.24, 2.45) is 0 Å². The molecule has 0 atom stereocenters. The van der Waals surface area contributed by atoms with Gasteiger partial charge < -0.3 is 10.2 Å². The average Bonchev–Trinajstić information content (AvgIpc) is 2.73. The van der Waals surface area contributed by atoms with Crippen LogP contribution in [0.25, 0.3) is 22.6 Å². The lowest BCUT2D eigenvalue weighted by Gasteiger charge is -2.15. The summed E-state index contributed by atoms with van der Waals surface area (Å²) in [6, 6.07) is 9.62. The molecule has 2 aromatic heterocycles. The van der Waals surface area contributed by atoms with Gasteiger partial charge >= 0.3 is 0 Å². The van der Waals surface area contributed by atoms with Crippen LogP contribution in [0, 0.1) is 17.0 Å². The summed E-state index contributed by atoms with van der Waals surface area (Å²) in [5.41, 5.74) is 2.27. The lowest BCUT2D eigenvalue weighted by Crippen LogP contribution is -2.32. The number of pyridine rings is 1. The van der Waals surface area contributed by atoms with Gasteiger partial charge in [-0.3, -0.25) is 19.9 Å². The zero-order valence-corrected chi connectivity index (χ0v) is 17.0. The number of nitro groups is 1. The van der Waals surface area contributed by atoms with Crippen LogP contribution < -0.4 is 5.32 Å². The largest absolute Gasteiger partial charge is 0.351 e. The number of aryl methyl sites for hydroxylation is 1. The van der Waals surface area contributed by atoms with E-state index in [4.69, 9.17) is 0 Å². The summed E-state index contributed by atoms with van der Waals surface area (Å²) in [6.45, 7) is 2.85. The number of aromatic nitrogens is 3. The van der Waals surface area contributed by atoms with Gasteiger partial charge in [-0.15, -0.1) is 0 Å². The van der Waals surface area contributed by atoms with Crippen LogP contribution in [0.5, 0.6) is 0 Å². The molecule has 0 unspecified atom stereocenters. The molecular weight excluding hydrogens is 384 g/mol. The SMILES string of the molecule is Cc1nc(-c2ccncc2)nc(-c2cccc([N+](=O)[O-])c2)c1C(=O)NCCN(C)C. The highest BCUT2D eigenvalue weighted by Crippen LogP contribution is 2.29. The van der Waals surface area contributed by atoms with Crippen LogP contribution in [0.15, 0.2) is 48.8 Å². The Labute approximate surface area is 174 Å². The third-order valence-corrected chi connectivity index (χ3v) is 4.43. The van der Waals surface area contributed by atoms with E-state index in [1.165, 1.54) is 12.1 Å². The van der Waals surface area contributed by atoms with Gasteiger partial charge in [0.1, 0.15) is 0 Å². The smallest absolute Gasteiger partial charge is 0.270 e. The number of benzene rings is 1. The molecule has 0 fully saturated rings. The Bertz CT molecular complexity index is 1070. The number of nitro benzene ring substituents is 1. The molecule has 30 heavy (non-hydrogen) atoms. The van der Waals surface area contributed by atoms with Crippen molar-refractivity contribution in [1.29, 1.82) is 0 Å². The first-order chi connectivity index (χ1) is 14.4. The minimum atomic E-state index is -0.474. The van der Waals surface area contributed by atoms with Crippen LogP contribution >= 0.6 is 0 Å². The topological polar surface area (TPSA) is 114 Å². The molecular formula is C21H22N6O3. The summed E-state index contributed by atoms with van der Waals surface area (Å²) in [6.07, 6.45) is 3.26. The Morgan fingerprint density at radius 2 is 1.87 bits per heavy atom. The first-order valence-corrected chi connectivity index (χ1v) is 9.33. The fourth-order valence-electron chi connectivity index (χ4n) is 2.93. The van der Waals surface area contributed by atoms with Gasteiger partial charge in [-0.2, -0.15) is 0 Å². The molecule has 9 heteroatoms. The lowest BCUT2D eigenvalue weighted by atomic mass is 10.0. The number of nitrogens with zero attached hydrogens (tertiary/aromatic N) is 5. The number of carbonyl (C=O) groups is 1. The second-order valence-electron chi connectivity index (χ2n) is 6.96. The number of carbonyl (C=O) groups excluding carboxylic acids is 1. The maximum absolute atomic E-state index is 13.0. The summed E-state index contributed by atoms with van der Waals surface area (Å²) in [4.78, 5) is 38.8. The molecule has 0 aliphatic rings. The predicted molar refractivity (Wildman–Crippen MR) is 113 cm³/mol. The molecule has 0 aliphatic carbocycles. The zero-order chi connectivity index (χ0) is 21.7. The minimum Gasteiger partial charge on any atom is -0.351 e. The van der Waals surface area contributed by atoms with Crippen LogP contribution in [0.2, 0.25) is 0 Å². The van der Waals surface area contributed by atoms with Crippen molar-refractivity contribution in [3.63, 3.8) is 0 Å². The molecule has 0 bridgehead atoms. The monoisotopic (exact) mass is 406 g/mol. The Kier molecular flexibility index (Phi) is 6.43. The van der Waals surface area contributed by atoms with Crippen LogP contribution in [0.4, 0.5) is 5.69 Å². The number of non-ortho nitro benzene ring substituents is 1. The molecule has 1 aromatic carbocycles. The lowest BCUT2D eigenvalue weighted by molar-refractivity contribution is -0.384. The molecule has 9 nitrogen and oxygen atoms in total. The fourth-order valence-corrected chi connectivity index (χ4v) is 2.93. The van der Waals surface area contributed by atoms with E-state index in [0.29, 0.717) is 41.4 Å². The second kappa shape index (κ2) is 9.19. The standard InChI is InChI=1S/C21H22N6O3/c1-14-18(21(28)23-11-12-26(2)3)19(16-5-4-6-17(13-16)27(29)30)25-20(24-14)15-7-9-22-10-8-15/h4-10,13H,11-12H2,1-3H3,(H,23,28). The van der Waals surface area contributed by atoms with Gasteiger partial charge in [0.05, 0.1) is 21.9 Å². The van der Waals surface area contributed by atoms with Gasteiger partial charge in [0.2, 0.25) is 0 Å². The quantitative estimate of drug-likeness (QED) is 0.474. The molecule has 154 valence electrons. The third kappa shape index (κ3) is 4.81. The van der Waals surface area contributed by atoms with Crippen molar-refractivity contribution in [2.45, 2.75) is 6.92 Å². The fraction of sp³-hybridized carbons (Fsp3) is 0.238. The highest BCUT2D eigenvalue weighted by Gasteiger charge is 2.21. The van der Waals surface area contributed by atoms with Gasteiger partial charge in [-0.05, 0) is 33.2 Å². The average molecular weight is 406 g/mol. The van der Waals surface area contributed by atoms with Gasteiger partial charge in [0.15, 0.2) is 5.82 Å². The molecule has 1 N–H and O–H groups in total. The minimum absolute atomic E-state index is 0.0757. The summed E-state index contributed by atoms with van der Waals surface area (Å²) >= 11 is 0. The summed E-state index contributed by atoms with van der Waals surface area (Å²) in [5, 5.41) is 14.1. The van der Waals surface area contributed by atoms with E-state index in [1.54, 1.807) is 43.6 Å². The summed E-state index contributed by atoms with van der Waals surface area (Å²) < 4.78 is 0. The number of rotatable bonds is 7. The van der Waals surface area contributed by atoms with Gasteiger partial charge in [0.25, 0.3) is 11.6 Å². The molecule has 1 amide bonds. The molecule has 0 aliphatic heterocycles. The van der Waals surface area contributed by atoms with Crippen molar-refractivity contribution in [1.82, 2.24) is 25.2 Å². The molecule has 2 heterocycles. The Hall–Kier alpha value is -3.72. The normalized spacial score (nSPS) is 10.8. The second-order valence-corrected chi connectivity index (χ2v) is 6.96. The van der Waals surface area contributed by atoms with Crippen molar-refractivity contribution in [3.05, 3.63) is 70.2 Å². The number of hydrogen-bond acceptors (Lipinski definition) is 7. The number of amides is 1. The van der Waals surface area contributed by atoms with E-state index in [2.05, 4.69) is 20.3 Å². The van der Waals surface area contributed by atoms with E-state index in [1.807, 2.05) is 19.0 Å². The van der Waals surface area contributed by atoms with Crippen LogP contribution in [0.3, 0.4) is 0 Å². The van der Waals surface area contributed by atoms with Gasteiger partial charge in [0, 0.05) is 48.7 Å². The number of nitrogens with one attached hydrogen (secondary N) is 1. The maximum Gasteiger partial charge on any atom is 0.270 e. The van der Waals surface area contributed by atoms with Crippen LogP contribution in [-0.4, -0.2) is 57.9 Å².